The second kappa shape index (κ2) is 6.13. The molecule has 3 heteroatoms. The first-order chi connectivity index (χ1) is 9.37. The topological polar surface area (TPSA) is 28.2 Å². The van der Waals surface area contributed by atoms with Gasteiger partial charge in [-0.15, -0.1) is 0 Å². The fraction of sp³-hybridized carbons (Fsp3) is 0.706. The molecule has 0 aromatic carbocycles. The molecule has 1 fully saturated rings. The van der Waals surface area contributed by atoms with E-state index in [0.29, 0.717) is 0 Å². The van der Waals surface area contributed by atoms with Gasteiger partial charge in [0.05, 0.1) is 0 Å². The van der Waals surface area contributed by atoms with Gasteiger partial charge in [0.25, 0.3) is 0 Å². The van der Waals surface area contributed by atoms with Crippen LogP contribution in [0.5, 0.6) is 0 Å². The SMILES string of the molecule is CC1CCN(c2ccncc2CNC(C)(C)C)CC1C. The van der Waals surface area contributed by atoms with Crippen LogP contribution in [0.25, 0.3) is 0 Å². The lowest BCUT2D eigenvalue weighted by Gasteiger charge is -2.38. The highest BCUT2D eigenvalue weighted by atomic mass is 15.1. The second-order valence-electron chi connectivity index (χ2n) is 7.30. The molecule has 1 aliphatic heterocycles. The van der Waals surface area contributed by atoms with Crippen molar-refractivity contribution in [3.05, 3.63) is 24.0 Å². The molecule has 2 heterocycles. The summed E-state index contributed by atoms with van der Waals surface area (Å²) < 4.78 is 0. The zero-order chi connectivity index (χ0) is 14.8. The summed E-state index contributed by atoms with van der Waals surface area (Å²) in [4.78, 5) is 6.84. The molecule has 20 heavy (non-hydrogen) atoms. The van der Waals surface area contributed by atoms with Gasteiger partial charge in [0.1, 0.15) is 0 Å². The highest BCUT2D eigenvalue weighted by molar-refractivity contribution is 5.52. The third kappa shape index (κ3) is 3.95. The maximum Gasteiger partial charge on any atom is 0.0442 e. The lowest BCUT2D eigenvalue weighted by Crippen LogP contribution is -2.40. The number of hydrogen-bond donors (Lipinski definition) is 1. The largest absolute Gasteiger partial charge is 0.371 e. The molecule has 2 rings (SSSR count). The van der Waals surface area contributed by atoms with Crippen molar-refractivity contribution in [2.75, 3.05) is 18.0 Å². The van der Waals surface area contributed by atoms with Gasteiger partial charge in [0.2, 0.25) is 0 Å². The standard InChI is InChI=1S/C17H29N3/c1-13-7-9-20(12-14(13)2)16-6-8-18-10-15(16)11-19-17(3,4)5/h6,8,10,13-14,19H,7,9,11-12H2,1-5H3. The summed E-state index contributed by atoms with van der Waals surface area (Å²) in [6, 6.07) is 2.17. The van der Waals surface area contributed by atoms with Crippen LogP contribution in [0.2, 0.25) is 0 Å². The summed E-state index contributed by atoms with van der Waals surface area (Å²) in [6.07, 6.45) is 5.21. The zero-order valence-corrected chi connectivity index (χ0v) is 13.6. The Bertz CT molecular complexity index is 436. The summed E-state index contributed by atoms with van der Waals surface area (Å²) in [7, 11) is 0. The highest BCUT2D eigenvalue weighted by Crippen LogP contribution is 2.29. The average molecular weight is 275 g/mol. The molecule has 0 spiro atoms. The Morgan fingerprint density at radius 1 is 1.30 bits per heavy atom. The van der Waals surface area contributed by atoms with Gasteiger partial charge >= 0.3 is 0 Å². The van der Waals surface area contributed by atoms with Crippen molar-refractivity contribution in [3.63, 3.8) is 0 Å². The van der Waals surface area contributed by atoms with Crippen molar-refractivity contribution >= 4 is 5.69 Å². The average Bonchev–Trinajstić information content (AvgIpc) is 2.39. The lowest BCUT2D eigenvalue weighted by atomic mass is 9.88. The number of aromatic nitrogens is 1. The number of nitrogens with one attached hydrogen (secondary N) is 1. The van der Waals surface area contributed by atoms with Gasteiger partial charge < -0.3 is 10.2 Å². The van der Waals surface area contributed by atoms with Crippen LogP contribution in [0.4, 0.5) is 5.69 Å². The number of rotatable bonds is 3. The minimum Gasteiger partial charge on any atom is -0.371 e. The van der Waals surface area contributed by atoms with Crippen molar-refractivity contribution in [1.29, 1.82) is 0 Å². The summed E-state index contributed by atoms with van der Waals surface area (Å²) in [5, 5.41) is 3.57. The predicted molar refractivity (Wildman–Crippen MR) is 86.0 cm³/mol. The number of piperidine rings is 1. The molecule has 2 unspecified atom stereocenters. The van der Waals surface area contributed by atoms with Crippen molar-refractivity contribution in [2.24, 2.45) is 11.8 Å². The molecule has 1 saturated heterocycles. The molecule has 3 nitrogen and oxygen atoms in total. The van der Waals surface area contributed by atoms with Gasteiger partial charge in [-0.3, -0.25) is 4.98 Å². The highest BCUT2D eigenvalue weighted by Gasteiger charge is 2.24. The van der Waals surface area contributed by atoms with Crippen molar-refractivity contribution < 1.29 is 0 Å². The van der Waals surface area contributed by atoms with E-state index in [0.717, 1.165) is 31.5 Å². The molecular weight excluding hydrogens is 246 g/mol. The molecule has 0 amide bonds. The first-order valence-corrected chi connectivity index (χ1v) is 7.79. The van der Waals surface area contributed by atoms with Gasteiger partial charge in [-0.2, -0.15) is 0 Å². The molecule has 0 bridgehead atoms. The van der Waals surface area contributed by atoms with E-state index in [2.05, 4.69) is 55.9 Å². The molecule has 112 valence electrons. The minimum absolute atomic E-state index is 0.136. The Balaban J connectivity index is 2.11. The molecule has 2 atom stereocenters. The Morgan fingerprint density at radius 2 is 2.05 bits per heavy atom. The maximum atomic E-state index is 4.31. The summed E-state index contributed by atoms with van der Waals surface area (Å²) in [5.74, 6) is 1.60. The third-order valence-corrected chi connectivity index (χ3v) is 4.36. The summed E-state index contributed by atoms with van der Waals surface area (Å²) in [5.41, 5.74) is 2.80. The van der Waals surface area contributed by atoms with E-state index in [4.69, 9.17) is 0 Å². The molecule has 0 aliphatic carbocycles. The lowest BCUT2D eigenvalue weighted by molar-refractivity contribution is 0.323. The van der Waals surface area contributed by atoms with E-state index in [1.165, 1.54) is 17.7 Å². The minimum atomic E-state index is 0.136. The second-order valence-corrected chi connectivity index (χ2v) is 7.30. The van der Waals surface area contributed by atoms with E-state index in [9.17, 15) is 0 Å². The van der Waals surface area contributed by atoms with E-state index in [1.54, 1.807) is 0 Å². The molecule has 0 saturated carbocycles. The van der Waals surface area contributed by atoms with Gasteiger partial charge in [0.15, 0.2) is 0 Å². The van der Waals surface area contributed by atoms with Crippen LogP contribution in [0.15, 0.2) is 18.5 Å². The summed E-state index contributed by atoms with van der Waals surface area (Å²) >= 11 is 0. The van der Waals surface area contributed by atoms with Gasteiger partial charge in [-0.1, -0.05) is 13.8 Å². The van der Waals surface area contributed by atoms with E-state index >= 15 is 0 Å². The predicted octanol–water partition coefficient (Wildman–Crippen LogP) is 3.45. The van der Waals surface area contributed by atoms with Crippen LogP contribution in [-0.4, -0.2) is 23.6 Å². The number of pyridine rings is 1. The van der Waals surface area contributed by atoms with Gasteiger partial charge in [-0.05, 0) is 45.1 Å². The van der Waals surface area contributed by atoms with Crippen molar-refractivity contribution in [2.45, 2.75) is 53.1 Å². The first-order valence-electron chi connectivity index (χ1n) is 7.79. The Morgan fingerprint density at radius 3 is 2.70 bits per heavy atom. The van der Waals surface area contributed by atoms with Crippen LogP contribution in [0, 0.1) is 11.8 Å². The van der Waals surface area contributed by atoms with Gasteiger partial charge in [0, 0.05) is 48.8 Å². The molecule has 1 aromatic heterocycles. The van der Waals surface area contributed by atoms with E-state index in [1.807, 2.05) is 12.4 Å². The normalized spacial score (nSPS) is 23.9. The number of anilines is 1. The smallest absolute Gasteiger partial charge is 0.0442 e. The Kier molecular flexibility index (Phi) is 4.69. The maximum absolute atomic E-state index is 4.31. The molecular formula is C17H29N3. The molecule has 1 N–H and O–H groups in total. The monoisotopic (exact) mass is 275 g/mol. The Labute approximate surface area is 123 Å². The van der Waals surface area contributed by atoms with Crippen LogP contribution >= 0.6 is 0 Å². The third-order valence-electron chi connectivity index (χ3n) is 4.36. The molecule has 1 aliphatic rings. The van der Waals surface area contributed by atoms with Crippen LogP contribution in [0.1, 0.15) is 46.6 Å². The fourth-order valence-electron chi connectivity index (χ4n) is 2.71. The molecule has 1 aromatic rings. The fourth-order valence-corrected chi connectivity index (χ4v) is 2.71. The number of nitrogens with zero attached hydrogens (tertiary/aromatic N) is 2. The van der Waals surface area contributed by atoms with Crippen LogP contribution in [-0.2, 0) is 6.54 Å². The summed E-state index contributed by atoms with van der Waals surface area (Å²) in [6.45, 7) is 14.6. The van der Waals surface area contributed by atoms with Crippen LogP contribution < -0.4 is 10.2 Å². The quantitative estimate of drug-likeness (QED) is 0.916. The zero-order valence-electron chi connectivity index (χ0n) is 13.6. The van der Waals surface area contributed by atoms with E-state index in [-0.39, 0.29) is 5.54 Å². The van der Waals surface area contributed by atoms with E-state index < -0.39 is 0 Å². The Hall–Kier alpha value is -1.09. The van der Waals surface area contributed by atoms with Crippen molar-refractivity contribution in [3.8, 4) is 0 Å². The van der Waals surface area contributed by atoms with Crippen molar-refractivity contribution in [1.82, 2.24) is 10.3 Å². The van der Waals surface area contributed by atoms with Crippen LogP contribution in [0.3, 0.4) is 0 Å². The van der Waals surface area contributed by atoms with Gasteiger partial charge in [-0.25, -0.2) is 0 Å². The first kappa shape index (κ1) is 15.3. The number of hydrogen-bond acceptors (Lipinski definition) is 3. The molecule has 0 radical (unpaired) electrons.